The molecule has 0 saturated heterocycles. The van der Waals surface area contributed by atoms with Gasteiger partial charge in [0.05, 0.1) is 6.26 Å². The third-order valence-electron chi connectivity index (χ3n) is 3.00. The molecule has 0 aliphatic carbocycles. The van der Waals surface area contributed by atoms with Gasteiger partial charge in [-0.1, -0.05) is 29.8 Å². The van der Waals surface area contributed by atoms with Crippen LogP contribution >= 0.6 is 0 Å². The Balaban J connectivity index is 1.71. The number of hydrogen-bond acceptors (Lipinski definition) is 3. The Labute approximate surface area is 108 Å². The number of aryl methyl sites for hydroxylation is 1. The quantitative estimate of drug-likeness (QED) is 0.767. The third kappa shape index (κ3) is 3.72. The summed E-state index contributed by atoms with van der Waals surface area (Å²) in [6, 6.07) is 12.3. The lowest BCUT2D eigenvalue weighted by molar-refractivity contribution is 0.494. The molecule has 18 heavy (non-hydrogen) atoms. The molecule has 3 N–H and O–H groups in total. The molecule has 0 aliphatic heterocycles. The summed E-state index contributed by atoms with van der Waals surface area (Å²) in [5.74, 6) is 1.01. The monoisotopic (exact) mass is 244 g/mol. The van der Waals surface area contributed by atoms with Crippen LogP contribution in [0, 0.1) is 6.92 Å². The van der Waals surface area contributed by atoms with E-state index in [-0.39, 0.29) is 6.04 Å². The Morgan fingerprint density at radius 2 is 2.00 bits per heavy atom. The fourth-order valence-electron chi connectivity index (χ4n) is 1.86. The Morgan fingerprint density at radius 1 is 1.22 bits per heavy atom. The minimum atomic E-state index is 0.0437. The first-order chi connectivity index (χ1) is 8.75. The highest BCUT2D eigenvalue weighted by molar-refractivity contribution is 5.24. The van der Waals surface area contributed by atoms with Crippen molar-refractivity contribution in [3.63, 3.8) is 0 Å². The number of nitrogens with two attached hydrogens (primary N) is 1. The first-order valence-electron chi connectivity index (χ1n) is 6.31. The molecule has 0 spiro atoms. The summed E-state index contributed by atoms with van der Waals surface area (Å²) in [6.07, 6.45) is 2.60. The van der Waals surface area contributed by atoms with E-state index in [0.717, 1.165) is 25.3 Å². The van der Waals surface area contributed by atoms with Crippen LogP contribution in [0.5, 0.6) is 0 Å². The minimum Gasteiger partial charge on any atom is -0.469 e. The summed E-state index contributed by atoms with van der Waals surface area (Å²) in [5.41, 5.74) is 8.55. The molecule has 0 radical (unpaired) electrons. The zero-order valence-electron chi connectivity index (χ0n) is 10.7. The molecular formula is C15H20N2O. The number of benzene rings is 1. The molecule has 1 atom stereocenters. The van der Waals surface area contributed by atoms with E-state index >= 15 is 0 Å². The molecule has 2 aromatic rings. The maximum absolute atomic E-state index is 6.12. The summed E-state index contributed by atoms with van der Waals surface area (Å²) >= 11 is 0. The van der Waals surface area contributed by atoms with Gasteiger partial charge in [-0.3, -0.25) is 0 Å². The normalized spacial score (nSPS) is 12.6. The molecule has 3 nitrogen and oxygen atoms in total. The van der Waals surface area contributed by atoms with Gasteiger partial charge in [-0.25, -0.2) is 0 Å². The molecule has 0 fully saturated rings. The SMILES string of the molecule is Cc1ccc(C(N)CNCCc2ccco2)cc1. The van der Waals surface area contributed by atoms with Crippen LogP contribution in [0.25, 0.3) is 0 Å². The topological polar surface area (TPSA) is 51.2 Å². The van der Waals surface area contributed by atoms with Gasteiger partial charge in [-0.15, -0.1) is 0 Å². The molecular weight excluding hydrogens is 224 g/mol. The summed E-state index contributed by atoms with van der Waals surface area (Å²) < 4.78 is 5.27. The molecule has 0 aliphatic rings. The Kier molecular flexibility index (Phi) is 4.56. The highest BCUT2D eigenvalue weighted by Gasteiger charge is 2.04. The van der Waals surface area contributed by atoms with E-state index in [1.807, 2.05) is 12.1 Å². The molecule has 3 heteroatoms. The van der Waals surface area contributed by atoms with Crippen molar-refractivity contribution in [1.82, 2.24) is 5.32 Å². The third-order valence-corrected chi connectivity index (χ3v) is 3.00. The first kappa shape index (κ1) is 12.9. The Morgan fingerprint density at radius 3 is 2.67 bits per heavy atom. The molecule has 2 rings (SSSR count). The van der Waals surface area contributed by atoms with Crippen LogP contribution in [-0.2, 0) is 6.42 Å². The van der Waals surface area contributed by atoms with Crippen LogP contribution in [0.3, 0.4) is 0 Å². The highest BCUT2D eigenvalue weighted by atomic mass is 16.3. The number of furan rings is 1. The van der Waals surface area contributed by atoms with E-state index in [2.05, 4.69) is 36.5 Å². The Bertz CT molecular complexity index is 448. The Hall–Kier alpha value is -1.58. The summed E-state index contributed by atoms with van der Waals surface area (Å²) in [5, 5.41) is 3.35. The maximum atomic E-state index is 6.12. The number of nitrogens with one attached hydrogen (secondary N) is 1. The number of hydrogen-bond donors (Lipinski definition) is 2. The van der Waals surface area contributed by atoms with Crippen LogP contribution in [0.4, 0.5) is 0 Å². The second-order valence-corrected chi connectivity index (χ2v) is 4.55. The predicted octanol–water partition coefficient (Wildman–Crippen LogP) is 2.42. The van der Waals surface area contributed by atoms with Crippen molar-refractivity contribution in [2.24, 2.45) is 5.73 Å². The van der Waals surface area contributed by atoms with Crippen LogP contribution in [0.2, 0.25) is 0 Å². The van der Waals surface area contributed by atoms with Crippen molar-refractivity contribution in [2.45, 2.75) is 19.4 Å². The van der Waals surface area contributed by atoms with Crippen molar-refractivity contribution < 1.29 is 4.42 Å². The van der Waals surface area contributed by atoms with Gasteiger partial charge in [0.15, 0.2) is 0 Å². The molecule has 1 heterocycles. The van der Waals surface area contributed by atoms with Crippen LogP contribution < -0.4 is 11.1 Å². The number of rotatable bonds is 6. The average Bonchev–Trinajstić information content (AvgIpc) is 2.88. The lowest BCUT2D eigenvalue weighted by Gasteiger charge is -2.13. The smallest absolute Gasteiger partial charge is 0.105 e. The second-order valence-electron chi connectivity index (χ2n) is 4.55. The molecule has 0 amide bonds. The van der Waals surface area contributed by atoms with Gasteiger partial charge >= 0.3 is 0 Å². The maximum Gasteiger partial charge on any atom is 0.105 e. The van der Waals surface area contributed by atoms with Crippen molar-refractivity contribution in [1.29, 1.82) is 0 Å². The zero-order chi connectivity index (χ0) is 12.8. The lowest BCUT2D eigenvalue weighted by Crippen LogP contribution is -2.28. The molecule has 1 aromatic carbocycles. The van der Waals surface area contributed by atoms with E-state index in [1.54, 1.807) is 6.26 Å². The lowest BCUT2D eigenvalue weighted by atomic mass is 10.1. The van der Waals surface area contributed by atoms with E-state index in [4.69, 9.17) is 10.2 Å². The predicted molar refractivity (Wildman–Crippen MR) is 73.4 cm³/mol. The standard InChI is InChI=1S/C15H20N2O/c1-12-4-6-13(7-5-12)15(16)11-17-9-8-14-3-2-10-18-14/h2-7,10,15,17H,8-9,11,16H2,1H3. The molecule has 0 bridgehead atoms. The van der Waals surface area contributed by atoms with Gasteiger partial charge < -0.3 is 15.5 Å². The van der Waals surface area contributed by atoms with Crippen LogP contribution in [-0.4, -0.2) is 13.1 Å². The summed E-state index contributed by atoms with van der Waals surface area (Å²) in [4.78, 5) is 0. The van der Waals surface area contributed by atoms with Crippen molar-refractivity contribution >= 4 is 0 Å². The molecule has 1 aromatic heterocycles. The minimum absolute atomic E-state index is 0.0437. The fourth-order valence-corrected chi connectivity index (χ4v) is 1.86. The van der Waals surface area contributed by atoms with Gasteiger partial charge in [0.1, 0.15) is 5.76 Å². The van der Waals surface area contributed by atoms with E-state index in [9.17, 15) is 0 Å². The van der Waals surface area contributed by atoms with Gasteiger partial charge in [-0.2, -0.15) is 0 Å². The van der Waals surface area contributed by atoms with Crippen LogP contribution in [0.15, 0.2) is 47.1 Å². The van der Waals surface area contributed by atoms with Crippen molar-refractivity contribution in [3.8, 4) is 0 Å². The average molecular weight is 244 g/mol. The van der Waals surface area contributed by atoms with E-state index in [0.29, 0.717) is 0 Å². The van der Waals surface area contributed by atoms with Crippen molar-refractivity contribution in [3.05, 3.63) is 59.5 Å². The highest BCUT2D eigenvalue weighted by Crippen LogP contribution is 2.10. The van der Waals surface area contributed by atoms with Gasteiger partial charge in [0, 0.05) is 25.6 Å². The van der Waals surface area contributed by atoms with Gasteiger partial charge in [0.25, 0.3) is 0 Å². The second kappa shape index (κ2) is 6.38. The zero-order valence-corrected chi connectivity index (χ0v) is 10.7. The largest absolute Gasteiger partial charge is 0.469 e. The van der Waals surface area contributed by atoms with Crippen LogP contribution in [0.1, 0.15) is 22.9 Å². The summed E-state index contributed by atoms with van der Waals surface area (Å²) in [6.45, 7) is 3.74. The molecule has 96 valence electrons. The van der Waals surface area contributed by atoms with E-state index in [1.165, 1.54) is 11.1 Å². The first-order valence-corrected chi connectivity index (χ1v) is 6.31. The molecule has 0 saturated carbocycles. The summed E-state index contributed by atoms with van der Waals surface area (Å²) in [7, 11) is 0. The molecule has 1 unspecified atom stereocenters. The fraction of sp³-hybridized carbons (Fsp3) is 0.333. The van der Waals surface area contributed by atoms with Gasteiger partial charge in [-0.05, 0) is 24.6 Å². The van der Waals surface area contributed by atoms with E-state index < -0.39 is 0 Å². The van der Waals surface area contributed by atoms with Gasteiger partial charge in [0.2, 0.25) is 0 Å². The van der Waals surface area contributed by atoms with Crippen molar-refractivity contribution in [2.75, 3.05) is 13.1 Å².